The molecule has 0 saturated heterocycles. The Hall–Kier alpha value is -1.55. The number of phenols is 1. The van der Waals surface area contributed by atoms with E-state index in [9.17, 15) is 9.90 Å². The van der Waals surface area contributed by atoms with Crippen molar-refractivity contribution in [2.24, 2.45) is 5.73 Å². The number of nitrogens with two attached hydrogens (primary N) is 1. The fraction of sp³-hybridized carbons (Fsp3) is 0.500. The molecule has 3 N–H and O–H groups in total. The second kappa shape index (κ2) is 5.40. The number of carbonyl (C=O) groups is 1. The highest BCUT2D eigenvalue weighted by atomic mass is 16.3. The number of aromatic hydroxyl groups is 1. The fourth-order valence-corrected chi connectivity index (χ4v) is 2.33. The third kappa shape index (κ3) is 2.48. The molecule has 1 aliphatic rings. The molecule has 0 spiro atoms. The third-order valence-corrected chi connectivity index (χ3v) is 3.59. The molecule has 98 valence electrons. The van der Waals surface area contributed by atoms with E-state index in [-0.39, 0.29) is 11.7 Å². The maximum Gasteiger partial charge on any atom is 0.254 e. The van der Waals surface area contributed by atoms with Crippen LogP contribution in [0.2, 0.25) is 0 Å². The van der Waals surface area contributed by atoms with E-state index >= 15 is 0 Å². The number of phenolic OH excluding ortho intramolecular Hbond substituents is 1. The van der Waals surface area contributed by atoms with Crippen molar-refractivity contribution in [3.63, 3.8) is 0 Å². The minimum atomic E-state index is 0.0302. The maximum atomic E-state index is 12.5. The first kappa shape index (κ1) is 12.9. The summed E-state index contributed by atoms with van der Waals surface area (Å²) in [7, 11) is 0. The summed E-state index contributed by atoms with van der Waals surface area (Å²) in [5, 5.41) is 9.38. The van der Waals surface area contributed by atoms with Crippen molar-refractivity contribution in [3.05, 3.63) is 29.3 Å². The van der Waals surface area contributed by atoms with Crippen LogP contribution in [0.5, 0.6) is 5.75 Å². The molecular formula is C14H20N2O2. The fourth-order valence-electron chi connectivity index (χ4n) is 2.33. The Bertz CT molecular complexity index is 441. The van der Waals surface area contributed by atoms with Crippen molar-refractivity contribution in [1.82, 2.24) is 4.90 Å². The van der Waals surface area contributed by atoms with Crippen LogP contribution in [0.1, 0.15) is 35.2 Å². The number of benzene rings is 1. The van der Waals surface area contributed by atoms with Gasteiger partial charge in [-0.15, -0.1) is 0 Å². The van der Waals surface area contributed by atoms with Gasteiger partial charge in [0.05, 0.1) is 0 Å². The van der Waals surface area contributed by atoms with Gasteiger partial charge in [0.1, 0.15) is 5.75 Å². The lowest BCUT2D eigenvalue weighted by Gasteiger charge is -2.37. The number of nitrogens with zero attached hydrogens (tertiary/aromatic N) is 1. The standard InChI is InChI=1S/C14H20N2O2/c1-10-9-12(17)5-6-13(10)14(18)16(8-7-15)11-3-2-4-11/h5-6,9,11,17H,2-4,7-8,15H2,1H3. The summed E-state index contributed by atoms with van der Waals surface area (Å²) in [6.07, 6.45) is 3.33. The lowest BCUT2D eigenvalue weighted by atomic mass is 9.90. The van der Waals surface area contributed by atoms with Crippen LogP contribution in [0, 0.1) is 6.92 Å². The zero-order valence-electron chi connectivity index (χ0n) is 10.7. The molecule has 1 fully saturated rings. The van der Waals surface area contributed by atoms with Gasteiger partial charge < -0.3 is 15.7 Å². The molecule has 1 saturated carbocycles. The van der Waals surface area contributed by atoms with Gasteiger partial charge in [-0.3, -0.25) is 4.79 Å². The molecule has 1 aromatic carbocycles. The number of hydrogen-bond donors (Lipinski definition) is 2. The molecule has 4 heteroatoms. The van der Waals surface area contributed by atoms with Crippen molar-refractivity contribution in [1.29, 1.82) is 0 Å². The summed E-state index contributed by atoms with van der Waals surface area (Å²) >= 11 is 0. The molecule has 4 nitrogen and oxygen atoms in total. The molecule has 0 aliphatic heterocycles. The first-order valence-electron chi connectivity index (χ1n) is 6.44. The van der Waals surface area contributed by atoms with Crippen LogP contribution in [0.4, 0.5) is 0 Å². The summed E-state index contributed by atoms with van der Waals surface area (Å²) < 4.78 is 0. The Kier molecular flexibility index (Phi) is 3.87. The largest absolute Gasteiger partial charge is 0.508 e. The molecule has 0 heterocycles. The molecule has 0 aromatic heterocycles. The summed E-state index contributed by atoms with van der Waals surface area (Å²) in [5.41, 5.74) is 7.06. The lowest BCUT2D eigenvalue weighted by molar-refractivity contribution is 0.0588. The summed E-state index contributed by atoms with van der Waals surface area (Å²) in [5.74, 6) is 0.223. The number of amides is 1. The van der Waals surface area contributed by atoms with Gasteiger partial charge >= 0.3 is 0 Å². The summed E-state index contributed by atoms with van der Waals surface area (Å²) in [4.78, 5) is 14.4. The predicted molar refractivity (Wildman–Crippen MR) is 70.6 cm³/mol. The second-order valence-electron chi connectivity index (χ2n) is 4.87. The van der Waals surface area contributed by atoms with Gasteiger partial charge in [0.25, 0.3) is 5.91 Å². The van der Waals surface area contributed by atoms with Crippen LogP contribution >= 0.6 is 0 Å². The van der Waals surface area contributed by atoms with Gasteiger partial charge in [0.2, 0.25) is 0 Å². The average Bonchev–Trinajstić information content (AvgIpc) is 2.25. The first-order chi connectivity index (χ1) is 8.63. The normalized spacial score (nSPS) is 15.2. The molecule has 0 unspecified atom stereocenters. The lowest BCUT2D eigenvalue weighted by Crippen LogP contribution is -2.46. The van der Waals surface area contributed by atoms with Gasteiger partial charge in [-0.1, -0.05) is 0 Å². The zero-order chi connectivity index (χ0) is 13.1. The Labute approximate surface area is 107 Å². The van der Waals surface area contributed by atoms with Crippen LogP contribution in [0.3, 0.4) is 0 Å². The van der Waals surface area contributed by atoms with Crippen LogP contribution in [0.15, 0.2) is 18.2 Å². The first-order valence-corrected chi connectivity index (χ1v) is 6.44. The van der Waals surface area contributed by atoms with Gasteiger partial charge in [0.15, 0.2) is 0 Å². The SMILES string of the molecule is Cc1cc(O)ccc1C(=O)N(CCN)C1CCC1. The van der Waals surface area contributed by atoms with Crippen molar-refractivity contribution >= 4 is 5.91 Å². The Morgan fingerprint density at radius 2 is 2.22 bits per heavy atom. The molecule has 18 heavy (non-hydrogen) atoms. The van der Waals surface area contributed by atoms with E-state index < -0.39 is 0 Å². The van der Waals surface area contributed by atoms with E-state index in [0.29, 0.717) is 24.7 Å². The molecule has 1 amide bonds. The van der Waals surface area contributed by atoms with Crippen molar-refractivity contribution in [2.45, 2.75) is 32.2 Å². The summed E-state index contributed by atoms with van der Waals surface area (Å²) in [6.45, 7) is 2.93. The quantitative estimate of drug-likeness (QED) is 0.851. The molecular weight excluding hydrogens is 228 g/mol. The van der Waals surface area contributed by atoms with E-state index in [1.807, 2.05) is 11.8 Å². The van der Waals surface area contributed by atoms with Crippen LogP contribution in [-0.2, 0) is 0 Å². The zero-order valence-corrected chi connectivity index (χ0v) is 10.7. The van der Waals surface area contributed by atoms with Crippen LogP contribution in [-0.4, -0.2) is 35.0 Å². The minimum absolute atomic E-state index is 0.0302. The topological polar surface area (TPSA) is 66.6 Å². The van der Waals surface area contributed by atoms with Gasteiger partial charge in [0, 0.05) is 24.7 Å². The molecule has 0 bridgehead atoms. The highest BCUT2D eigenvalue weighted by molar-refractivity contribution is 5.96. The number of hydrogen-bond acceptors (Lipinski definition) is 3. The van der Waals surface area contributed by atoms with E-state index in [2.05, 4.69) is 0 Å². The van der Waals surface area contributed by atoms with Crippen LogP contribution in [0.25, 0.3) is 0 Å². The Balaban J connectivity index is 2.21. The van der Waals surface area contributed by atoms with Gasteiger partial charge in [-0.05, 0) is 49.9 Å². The highest BCUT2D eigenvalue weighted by Gasteiger charge is 2.29. The minimum Gasteiger partial charge on any atom is -0.508 e. The molecule has 2 rings (SSSR count). The highest BCUT2D eigenvalue weighted by Crippen LogP contribution is 2.27. The smallest absolute Gasteiger partial charge is 0.254 e. The van der Waals surface area contributed by atoms with Crippen molar-refractivity contribution < 1.29 is 9.90 Å². The average molecular weight is 248 g/mol. The Morgan fingerprint density at radius 1 is 1.50 bits per heavy atom. The van der Waals surface area contributed by atoms with Gasteiger partial charge in [-0.25, -0.2) is 0 Å². The second-order valence-corrected chi connectivity index (χ2v) is 4.87. The number of aryl methyl sites for hydroxylation is 1. The molecule has 0 atom stereocenters. The molecule has 0 radical (unpaired) electrons. The monoisotopic (exact) mass is 248 g/mol. The van der Waals surface area contributed by atoms with Crippen molar-refractivity contribution in [3.8, 4) is 5.75 Å². The Morgan fingerprint density at radius 3 is 2.72 bits per heavy atom. The van der Waals surface area contributed by atoms with E-state index in [1.165, 1.54) is 6.42 Å². The van der Waals surface area contributed by atoms with E-state index in [0.717, 1.165) is 18.4 Å². The third-order valence-electron chi connectivity index (χ3n) is 3.59. The summed E-state index contributed by atoms with van der Waals surface area (Å²) in [6, 6.07) is 5.21. The number of carbonyl (C=O) groups excluding carboxylic acids is 1. The maximum absolute atomic E-state index is 12.5. The van der Waals surface area contributed by atoms with Gasteiger partial charge in [-0.2, -0.15) is 0 Å². The number of rotatable bonds is 4. The molecule has 1 aromatic rings. The van der Waals surface area contributed by atoms with Crippen molar-refractivity contribution in [2.75, 3.05) is 13.1 Å². The van der Waals surface area contributed by atoms with E-state index in [4.69, 9.17) is 5.73 Å². The van der Waals surface area contributed by atoms with Crippen LogP contribution < -0.4 is 5.73 Å². The predicted octanol–water partition coefficient (Wildman–Crippen LogP) is 1.65. The molecule has 1 aliphatic carbocycles. The van der Waals surface area contributed by atoms with E-state index in [1.54, 1.807) is 18.2 Å².